The topological polar surface area (TPSA) is 66.6 Å². The maximum absolute atomic E-state index is 12.7. The maximum Gasteiger partial charge on any atom is 0.243 e. The van der Waals surface area contributed by atoms with Crippen LogP contribution in [-0.2, 0) is 16.6 Å². The highest BCUT2D eigenvalue weighted by Gasteiger charge is 2.37. The van der Waals surface area contributed by atoms with Crippen LogP contribution in [0.4, 0.5) is 0 Å². The van der Waals surface area contributed by atoms with Crippen molar-refractivity contribution >= 4 is 10.0 Å². The number of rotatable bonds is 5. The summed E-state index contributed by atoms with van der Waals surface area (Å²) in [4.78, 5) is 2.42. The second kappa shape index (κ2) is 6.44. The van der Waals surface area contributed by atoms with Crippen molar-refractivity contribution in [3.8, 4) is 0 Å². The van der Waals surface area contributed by atoms with Gasteiger partial charge in [-0.25, -0.2) is 8.42 Å². The van der Waals surface area contributed by atoms with Crippen molar-refractivity contribution in [2.75, 3.05) is 27.2 Å². The summed E-state index contributed by atoms with van der Waals surface area (Å²) in [6.07, 6.45) is 0.842. The van der Waals surface area contributed by atoms with Crippen molar-refractivity contribution < 1.29 is 8.42 Å². The van der Waals surface area contributed by atoms with Crippen LogP contribution in [0, 0.1) is 5.92 Å². The molecule has 1 saturated heterocycles. The van der Waals surface area contributed by atoms with E-state index in [9.17, 15) is 8.42 Å². The molecule has 6 heteroatoms. The minimum Gasteiger partial charge on any atom is -0.330 e. The van der Waals surface area contributed by atoms with E-state index in [4.69, 9.17) is 5.73 Å². The third kappa shape index (κ3) is 3.63. The van der Waals surface area contributed by atoms with Crippen LogP contribution in [0.3, 0.4) is 0 Å². The van der Waals surface area contributed by atoms with Gasteiger partial charge < -0.3 is 10.6 Å². The minimum atomic E-state index is -3.41. The molecule has 1 aliphatic rings. The van der Waals surface area contributed by atoms with Gasteiger partial charge in [0.1, 0.15) is 0 Å². The lowest BCUT2D eigenvalue weighted by Crippen LogP contribution is -2.34. The van der Waals surface area contributed by atoms with Gasteiger partial charge in [-0.3, -0.25) is 0 Å². The zero-order chi connectivity index (χ0) is 15.6. The van der Waals surface area contributed by atoms with Crippen LogP contribution in [-0.4, -0.2) is 50.8 Å². The smallest absolute Gasteiger partial charge is 0.243 e. The lowest BCUT2D eigenvalue weighted by atomic mass is 10.1. The molecule has 0 saturated carbocycles. The summed E-state index contributed by atoms with van der Waals surface area (Å²) in [5.41, 5.74) is 6.79. The number of nitrogens with zero attached hydrogens (tertiary/aromatic N) is 2. The zero-order valence-corrected chi connectivity index (χ0v) is 13.8. The van der Waals surface area contributed by atoms with Crippen LogP contribution in [0.25, 0.3) is 0 Å². The average molecular weight is 311 g/mol. The molecular formula is C15H25N3O2S. The van der Waals surface area contributed by atoms with Crippen LogP contribution in [0.1, 0.15) is 18.9 Å². The van der Waals surface area contributed by atoms with E-state index in [0.717, 1.165) is 18.5 Å². The van der Waals surface area contributed by atoms with Gasteiger partial charge in [-0.15, -0.1) is 0 Å². The Bertz CT molecular complexity index is 569. The van der Waals surface area contributed by atoms with E-state index >= 15 is 0 Å². The molecule has 2 N–H and O–H groups in total. The highest BCUT2D eigenvalue weighted by molar-refractivity contribution is 7.89. The van der Waals surface area contributed by atoms with Gasteiger partial charge >= 0.3 is 0 Å². The molecule has 2 atom stereocenters. The van der Waals surface area contributed by atoms with Crippen LogP contribution in [0.2, 0.25) is 0 Å². The maximum atomic E-state index is 12.7. The van der Waals surface area contributed by atoms with Gasteiger partial charge in [-0.1, -0.05) is 12.1 Å². The number of sulfonamides is 1. The molecule has 0 bridgehead atoms. The summed E-state index contributed by atoms with van der Waals surface area (Å²) in [7, 11) is 0.567. The Morgan fingerprint density at radius 3 is 2.38 bits per heavy atom. The Balaban J connectivity index is 2.20. The molecule has 2 rings (SSSR count). The Morgan fingerprint density at radius 2 is 1.90 bits per heavy atom. The van der Waals surface area contributed by atoms with Crippen molar-refractivity contribution in [3.05, 3.63) is 29.8 Å². The Morgan fingerprint density at radius 1 is 1.29 bits per heavy atom. The Hall–Kier alpha value is -0.950. The van der Waals surface area contributed by atoms with E-state index in [-0.39, 0.29) is 12.0 Å². The standard InChI is InChI=1S/C15H25N3O2S/c1-12-8-14(9-16)11-18(12)21(19,20)15-6-4-13(5-7-15)10-17(2)3/h4-7,12,14H,8-11,16H2,1-3H3. The molecule has 1 aromatic rings. The summed E-state index contributed by atoms with van der Waals surface area (Å²) >= 11 is 0. The van der Waals surface area contributed by atoms with Crippen LogP contribution in [0.15, 0.2) is 29.2 Å². The number of benzene rings is 1. The fourth-order valence-electron chi connectivity index (χ4n) is 2.88. The second-order valence-corrected chi connectivity index (χ2v) is 8.03. The molecule has 0 aliphatic carbocycles. The monoisotopic (exact) mass is 311 g/mol. The van der Waals surface area contributed by atoms with E-state index in [1.54, 1.807) is 16.4 Å². The molecule has 1 fully saturated rings. The predicted molar refractivity (Wildman–Crippen MR) is 84.3 cm³/mol. The van der Waals surface area contributed by atoms with Crippen molar-refractivity contribution in [2.24, 2.45) is 11.7 Å². The number of hydrogen-bond acceptors (Lipinski definition) is 4. The normalized spacial score (nSPS) is 23.9. The number of hydrogen-bond donors (Lipinski definition) is 1. The third-order valence-corrected chi connectivity index (χ3v) is 5.96. The van der Waals surface area contributed by atoms with Crippen molar-refractivity contribution in [3.63, 3.8) is 0 Å². The zero-order valence-electron chi connectivity index (χ0n) is 13.0. The third-order valence-electron chi connectivity index (χ3n) is 3.97. The first kappa shape index (κ1) is 16.4. The molecule has 0 spiro atoms. The quantitative estimate of drug-likeness (QED) is 0.884. The van der Waals surface area contributed by atoms with Gasteiger partial charge in [0.2, 0.25) is 10.0 Å². The lowest BCUT2D eigenvalue weighted by molar-refractivity contribution is 0.401. The van der Waals surface area contributed by atoms with Gasteiger partial charge in [0, 0.05) is 19.1 Å². The largest absolute Gasteiger partial charge is 0.330 e. The fraction of sp³-hybridized carbons (Fsp3) is 0.600. The second-order valence-electron chi connectivity index (χ2n) is 6.14. The molecule has 1 heterocycles. The summed E-state index contributed by atoms with van der Waals surface area (Å²) < 4.78 is 27.0. The van der Waals surface area contributed by atoms with Gasteiger partial charge in [0.25, 0.3) is 0 Å². The number of nitrogens with two attached hydrogens (primary N) is 1. The van der Waals surface area contributed by atoms with Gasteiger partial charge in [0.15, 0.2) is 0 Å². The van der Waals surface area contributed by atoms with E-state index in [1.807, 2.05) is 33.2 Å². The SMILES string of the molecule is CC1CC(CN)CN1S(=O)(=O)c1ccc(CN(C)C)cc1. The Kier molecular flexibility index (Phi) is 5.03. The van der Waals surface area contributed by atoms with Crippen LogP contribution in [0.5, 0.6) is 0 Å². The predicted octanol–water partition coefficient (Wildman–Crippen LogP) is 1.11. The van der Waals surface area contributed by atoms with Gasteiger partial charge in [-0.05, 0) is 57.6 Å². The summed E-state index contributed by atoms with van der Waals surface area (Å²) in [6, 6.07) is 7.19. The molecule has 0 amide bonds. The molecule has 2 unspecified atom stereocenters. The molecule has 21 heavy (non-hydrogen) atoms. The van der Waals surface area contributed by atoms with E-state index in [0.29, 0.717) is 18.0 Å². The van der Waals surface area contributed by atoms with Crippen molar-refractivity contribution in [1.29, 1.82) is 0 Å². The first-order chi connectivity index (χ1) is 9.84. The van der Waals surface area contributed by atoms with Gasteiger partial charge in [0.05, 0.1) is 4.90 Å². The summed E-state index contributed by atoms with van der Waals surface area (Å²) in [6.45, 7) is 3.82. The summed E-state index contributed by atoms with van der Waals surface area (Å²) in [5, 5.41) is 0. The first-order valence-electron chi connectivity index (χ1n) is 7.30. The summed E-state index contributed by atoms with van der Waals surface area (Å²) in [5.74, 6) is 0.266. The molecule has 0 aromatic heterocycles. The van der Waals surface area contributed by atoms with E-state index in [1.165, 1.54) is 0 Å². The lowest BCUT2D eigenvalue weighted by Gasteiger charge is -2.21. The van der Waals surface area contributed by atoms with E-state index in [2.05, 4.69) is 4.90 Å². The fourth-order valence-corrected chi connectivity index (χ4v) is 4.60. The molecular weight excluding hydrogens is 286 g/mol. The van der Waals surface area contributed by atoms with Crippen molar-refractivity contribution in [2.45, 2.75) is 30.8 Å². The van der Waals surface area contributed by atoms with E-state index < -0.39 is 10.0 Å². The minimum absolute atomic E-state index is 0.0185. The van der Waals surface area contributed by atoms with Gasteiger partial charge in [-0.2, -0.15) is 4.31 Å². The Labute approximate surface area is 127 Å². The molecule has 118 valence electrons. The molecule has 1 aliphatic heterocycles. The average Bonchev–Trinajstić information content (AvgIpc) is 2.81. The molecule has 0 radical (unpaired) electrons. The molecule has 5 nitrogen and oxygen atoms in total. The highest BCUT2D eigenvalue weighted by atomic mass is 32.2. The molecule has 1 aromatic carbocycles. The first-order valence-corrected chi connectivity index (χ1v) is 8.74. The van der Waals surface area contributed by atoms with Crippen LogP contribution >= 0.6 is 0 Å². The highest BCUT2D eigenvalue weighted by Crippen LogP contribution is 2.29. The van der Waals surface area contributed by atoms with Crippen LogP contribution < -0.4 is 5.73 Å². The van der Waals surface area contributed by atoms with Crippen molar-refractivity contribution in [1.82, 2.24) is 9.21 Å².